The predicted octanol–water partition coefficient (Wildman–Crippen LogP) is 2.61. The first-order valence-electron chi connectivity index (χ1n) is 9.92. The topological polar surface area (TPSA) is 57.7 Å². The van der Waals surface area contributed by atoms with Crippen LogP contribution in [0.25, 0.3) is 0 Å². The molecule has 1 aromatic carbocycles. The van der Waals surface area contributed by atoms with Crippen molar-refractivity contribution in [3.63, 3.8) is 0 Å². The summed E-state index contributed by atoms with van der Waals surface area (Å²) in [6.45, 7) is 3.57. The first-order valence-corrected chi connectivity index (χ1v) is 9.92. The molecule has 27 heavy (non-hydrogen) atoms. The zero-order valence-electron chi connectivity index (χ0n) is 15.7. The molecule has 3 fully saturated rings. The number of rotatable bonds is 4. The first kappa shape index (κ1) is 16.7. The van der Waals surface area contributed by atoms with Crippen molar-refractivity contribution in [3.05, 3.63) is 42.0 Å². The molecule has 6 unspecified atom stereocenters. The van der Waals surface area contributed by atoms with Gasteiger partial charge in [-0.05, 0) is 54.2 Å². The maximum atomic E-state index is 13.1. The molecule has 2 saturated carbocycles. The number of nitrogens with zero attached hydrogens (tertiary/aromatic N) is 2. The molecule has 1 aromatic rings. The van der Waals surface area contributed by atoms with Crippen LogP contribution in [0.1, 0.15) is 25.8 Å². The monoisotopic (exact) mass is 364 g/mol. The first-order chi connectivity index (χ1) is 13.0. The number of imide groups is 1. The van der Waals surface area contributed by atoms with E-state index >= 15 is 0 Å². The quantitative estimate of drug-likeness (QED) is 0.610. The lowest BCUT2D eigenvalue weighted by Gasteiger charge is -2.37. The number of benzene rings is 1. The fraction of sp³-hybridized carbons (Fsp3) is 0.500. The van der Waals surface area contributed by atoms with E-state index in [9.17, 15) is 14.4 Å². The molecule has 1 saturated heterocycles. The van der Waals surface area contributed by atoms with Gasteiger partial charge in [-0.1, -0.05) is 31.2 Å². The van der Waals surface area contributed by atoms with Crippen LogP contribution in [-0.2, 0) is 20.8 Å². The van der Waals surface area contributed by atoms with Crippen LogP contribution in [0.15, 0.2) is 36.4 Å². The van der Waals surface area contributed by atoms with Gasteiger partial charge in [0.1, 0.15) is 6.67 Å². The zero-order chi connectivity index (χ0) is 18.9. The third-order valence-electron chi connectivity index (χ3n) is 7.07. The van der Waals surface area contributed by atoms with Gasteiger partial charge in [-0.25, -0.2) is 0 Å². The lowest BCUT2D eigenvalue weighted by molar-refractivity contribution is -0.140. The van der Waals surface area contributed by atoms with Crippen molar-refractivity contribution in [1.82, 2.24) is 4.90 Å². The minimum absolute atomic E-state index is 0.0141. The van der Waals surface area contributed by atoms with Crippen LogP contribution in [0.5, 0.6) is 0 Å². The number of anilines is 1. The van der Waals surface area contributed by atoms with Gasteiger partial charge in [0.05, 0.1) is 11.8 Å². The number of hydrogen-bond acceptors (Lipinski definition) is 3. The van der Waals surface area contributed by atoms with Crippen LogP contribution in [0.3, 0.4) is 0 Å². The highest BCUT2D eigenvalue weighted by molar-refractivity contribution is 6.07. The van der Waals surface area contributed by atoms with E-state index in [0.717, 1.165) is 18.5 Å². The van der Waals surface area contributed by atoms with Gasteiger partial charge in [-0.3, -0.25) is 24.2 Å². The van der Waals surface area contributed by atoms with Crippen molar-refractivity contribution >= 4 is 23.4 Å². The second kappa shape index (κ2) is 5.78. The van der Waals surface area contributed by atoms with Crippen molar-refractivity contribution in [2.75, 3.05) is 11.6 Å². The standard InChI is InChI=1S/C22H24N2O3/c1-3-13-4-6-14(7-5-13)23(12(2)25)11-24-21(26)19-15-8-9-16(18-10-17(15)18)20(19)22(24)27/h4-9,15-20H,3,10-11H2,1-2H3. The Balaban J connectivity index is 1.42. The number of carbonyl (C=O) groups is 3. The van der Waals surface area contributed by atoms with E-state index in [1.54, 1.807) is 0 Å². The number of allylic oxidation sites excluding steroid dienone is 2. The van der Waals surface area contributed by atoms with Gasteiger partial charge in [0.15, 0.2) is 0 Å². The lowest BCUT2D eigenvalue weighted by Crippen LogP contribution is -2.44. The molecule has 5 heteroatoms. The molecule has 5 aliphatic rings. The molecule has 4 aliphatic carbocycles. The summed E-state index contributed by atoms with van der Waals surface area (Å²) in [5.74, 6) is 0.810. The molecule has 0 N–H and O–H groups in total. The van der Waals surface area contributed by atoms with E-state index in [1.807, 2.05) is 24.3 Å². The number of carbonyl (C=O) groups excluding carboxylic acids is 3. The SMILES string of the molecule is CCc1ccc(N(CN2C(=O)C3C4C=CC(C5CC45)C3C2=O)C(C)=O)cc1. The molecule has 2 bridgehead atoms. The van der Waals surface area contributed by atoms with Crippen molar-refractivity contribution in [2.24, 2.45) is 35.5 Å². The molecule has 0 spiro atoms. The van der Waals surface area contributed by atoms with Crippen molar-refractivity contribution in [1.29, 1.82) is 0 Å². The number of likely N-dealkylation sites (tertiary alicyclic amines) is 1. The summed E-state index contributed by atoms with van der Waals surface area (Å²) in [4.78, 5) is 41.4. The summed E-state index contributed by atoms with van der Waals surface area (Å²) in [5, 5.41) is 0. The highest BCUT2D eigenvalue weighted by Gasteiger charge is 2.67. The number of hydrogen-bond donors (Lipinski definition) is 0. The van der Waals surface area contributed by atoms with Gasteiger partial charge < -0.3 is 0 Å². The van der Waals surface area contributed by atoms with Crippen molar-refractivity contribution in [3.8, 4) is 0 Å². The van der Waals surface area contributed by atoms with E-state index in [4.69, 9.17) is 0 Å². The Bertz CT molecular complexity index is 823. The van der Waals surface area contributed by atoms with Crippen molar-refractivity contribution in [2.45, 2.75) is 26.7 Å². The van der Waals surface area contributed by atoms with Crippen LogP contribution in [-0.4, -0.2) is 29.3 Å². The third kappa shape index (κ3) is 2.33. The zero-order valence-corrected chi connectivity index (χ0v) is 15.7. The Morgan fingerprint density at radius 3 is 2.07 bits per heavy atom. The highest BCUT2D eigenvalue weighted by atomic mass is 16.2. The molecule has 1 aliphatic heterocycles. The molecule has 140 valence electrons. The second-order valence-electron chi connectivity index (χ2n) is 8.37. The van der Waals surface area contributed by atoms with E-state index in [2.05, 4.69) is 19.1 Å². The molecule has 0 aromatic heterocycles. The molecule has 0 radical (unpaired) electrons. The smallest absolute Gasteiger partial charge is 0.235 e. The normalized spacial score (nSPS) is 35.3. The van der Waals surface area contributed by atoms with Crippen LogP contribution in [0.2, 0.25) is 0 Å². The van der Waals surface area contributed by atoms with E-state index in [1.165, 1.54) is 22.3 Å². The van der Waals surface area contributed by atoms with Gasteiger partial charge in [0.2, 0.25) is 17.7 Å². The molecule has 3 amide bonds. The maximum absolute atomic E-state index is 13.1. The van der Waals surface area contributed by atoms with E-state index in [-0.39, 0.29) is 48.1 Å². The lowest BCUT2D eigenvalue weighted by atomic mass is 9.63. The largest absolute Gasteiger partial charge is 0.294 e. The van der Waals surface area contributed by atoms with Gasteiger partial charge in [-0.15, -0.1) is 0 Å². The van der Waals surface area contributed by atoms with Crippen molar-refractivity contribution < 1.29 is 14.4 Å². The number of aryl methyl sites for hydroxylation is 1. The molecular formula is C22H24N2O3. The molecule has 6 rings (SSSR count). The predicted molar refractivity (Wildman–Crippen MR) is 100 cm³/mol. The minimum Gasteiger partial charge on any atom is -0.294 e. The Hall–Kier alpha value is -2.43. The van der Waals surface area contributed by atoms with Crippen LogP contribution < -0.4 is 4.90 Å². The molecule has 6 atom stereocenters. The Morgan fingerprint density at radius 2 is 1.59 bits per heavy atom. The maximum Gasteiger partial charge on any atom is 0.235 e. The molecule has 5 nitrogen and oxygen atoms in total. The van der Waals surface area contributed by atoms with Gasteiger partial charge >= 0.3 is 0 Å². The number of amides is 3. The van der Waals surface area contributed by atoms with Gasteiger partial charge in [0, 0.05) is 12.6 Å². The summed E-state index contributed by atoms with van der Waals surface area (Å²) in [6.07, 6.45) is 6.41. The third-order valence-corrected chi connectivity index (χ3v) is 7.07. The van der Waals surface area contributed by atoms with E-state index < -0.39 is 0 Å². The highest BCUT2D eigenvalue weighted by Crippen LogP contribution is 2.65. The van der Waals surface area contributed by atoms with Crippen LogP contribution in [0.4, 0.5) is 5.69 Å². The minimum atomic E-state index is -0.215. The van der Waals surface area contributed by atoms with Gasteiger partial charge in [-0.2, -0.15) is 0 Å². The average molecular weight is 364 g/mol. The second-order valence-corrected chi connectivity index (χ2v) is 8.37. The average Bonchev–Trinajstić information content (AvgIpc) is 3.46. The summed E-state index contributed by atoms with van der Waals surface area (Å²) < 4.78 is 0. The fourth-order valence-corrected chi connectivity index (χ4v) is 5.57. The Morgan fingerprint density at radius 1 is 1.04 bits per heavy atom. The summed E-state index contributed by atoms with van der Waals surface area (Å²) >= 11 is 0. The van der Waals surface area contributed by atoms with Gasteiger partial charge in [0.25, 0.3) is 0 Å². The fourth-order valence-electron chi connectivity index (χ4n) is 5.57. The Kier molecular flexibility index (Phi) is 3.58. The summed E-state index contributed by atoms with van der Waals surface area (Å²) in [5.41, 5.74) is 1.91. The van der Waals surface area contributed by atoms with Crippen LogP contribution in [0, 0.1) is 35.5 Å². The molecule has 1 heterocycles. The van der Waals surface area contributed by atoms with E-state index in [0.29, 0.717) is 11.8 Å². The summed E-state index contributed by atoms with van der Waals surface area (Å²) in [7, 11) is 0. The van der Waals surface area contributed by atoms with Crippen LogP contribution >= 0.6 is 0 Å². The Labute approximate surface area is 159 Å². The molecular weight excluding hydrogens is 340 g/mol. The summed E-state index contributed by atoms with van der Waals surface area (Å²) in [6, 6.07) is 7.74.